The van der Waals surface area contributed by atoms with Gasteiger partial charge in [-0.3, -0.25) is 9.78 Å². The summed E-state index contributed by atoms with van der Waals surface area (Å²) in [4.78, 5) is 15.9. The van der Waals surface area contributed by atoms with E-state index in [0.717, 1.165) is 0 Å². The van der Waals surface area contributed by atoms with E-state index in [4.69, 9.17) is 0 Å². The van der Waals surface area contributed by atoms with E-state index in [9.17, 15) is 13.6 Å². The Morgan fingerprint density at radius 3 is 2.42 bits per heavy atom. The van der Waals surface area contributed by atoms with E-state index in [-0.39, 0.29) is 11.5 Å². The second-order valence-electron chi connectivity index (χ2n) is 3.59. The molecule has 0 saturated heterocycles. The summed E-state index contributed by atoms with van der Waals surface area (Å²) < 4.78 is 28.8. The van der Waals surface area contributed by atoms with Crippen LogP contribution in [-0.2, 0) is 0 Å². The first kappa shape index (κ1) is 13.6. The minimum Gasteiger partial charge on any atom is -0.434 e. The van der Waals surface area contributed by atoms with Crippen LogP contribution in [0.4, 0.5) is 8.78 Å². The molecule has 2 rings (SSSR count). The molecule has 98 valence electrons. The molecular weight excluding hydrogens is 320 g/mol. The predicted octanol–water partition coefficient (Wildman–Crippen LogP) is 3.68. The molecular formula is C13H8BrF2NO2. The van der Waals surface area contributed by atoms with E-state index in [1.54, 1.807) is 12.1 Å². The number of nitrogens with zero attached hydrogens (tertiary/aromatic N) is 1. The number of rotatable bonds is 4. The van der Waals surface area contributed by atoms with Gasteiger partial charge in [0.1, 0.15) is 5.75 Å². The average Bonchev–Trinajstić information content (AvgIpc) is 2.41. The number of alkyl halides is 2. The molecule has 0 amide bonds. The molecule has 0 saturated carbocycles. The van der Waals surface area contributed by atoms with Crippen LogP contribution in [0.1, 0.15) is 15.9 Å². The Bertz CT molecular complexity index is 590. The molecule has 0 aliphatic rings. The van der Waals surface area contributed by atoms with Crippen LogP contribution in [0.25, 0.3) is 0 Å². The molecule has 2 aromatic rings. The number of halogens is 3. The van der Waals surface area contributed by atoms with Gasteiger partial charge >= 0.3 is 6.61 Å². The van der Waals surface area contributed by atoms with Gasteiger partial charge in [-0.2, -0.15) is 8.78 Å². The van der Waals surface area contributed by atoms with Gasteiger partial charge in [-0.05, 0) is 46.3 Å². The van der Waals surface area contributed by atoms with E-state index in [2.05, 4.69) is 25.7 Å². The van der Waals surface area contributed by atoms with E-state index < -0.39 is 6.61 Å². The fourth-order valence-electron chi connectivity index (χ4n) is 1.50. The SMILES string of the molecule is O=C(c1ccncc1)c1ccc(OC(F)F)c(Br)c1. The number of ether oxygens (including phenoxy) is 1. The monoisotopic (exact) mass is 327 g/mol. The van der Waals surface area contributed by atoms with Gasteiger partial charge in [0.25, 0.3) is 0 Å². The number of hydrogen-bond donors (Lipinski definition) is 0. The van der Waals surface area contributed by atoms with Gasteiger partial charge in [-0.1, -0.05) is 0 Å². The van der Waals surface area contributed by atoms with Crippen molar-refractivity contribution in [1.29, 1.82) is 0 Å². The van der Waals surface area contributed by atoms with Crippen molar-refractivity contribution in [3.05, 3.63) is 58.3 Å². The molecule has 3 nitrogen and oxygen atoms in total. The molecule has 1 aromatic heterocycles. The molecule has 6 heteroatoms. The molecule has 0 N–H and O–H groups in total. The lowest BCUT2D eigenvalue weighted by molar-refractivity contribution is -0.0503. The number of benzene rings is 1. The first-order valence-corrected chi connectivity index (χ1v) is 6.06. The van der Waals surface area contributed by atoms with Crippen LogP contribution in [0.2, 0.25) is 0 Å². The minimum absolute atomic E-state index is 0.0127. The van der Waals surface area contributed by atoms with Crippen LogP contribution < -0.4 is 4.74 Å². The van der Waals surface area contributed by atoms with Crippen molar-refractivity contribution in [2.45, 2.75) is 6.61 Å². The van der Waals surface area contributed by atoms with Crippen molar-refractivity contribution >= 4 is 21.7 Å². The van der Waals surface area contributed by atoms with Crippen LogP contribution in [0.15, 0.2) is 47.2 Å². The number of ketones is 1. The van der Waals surface area contributed by atoms with Crippen molar-refractivity contribution in [3.63, 3.8) is 0 Å². The van der Waals surface area contributed by atoms with Crippen LogP contribution in [0, 0.1) is 0 Å². The first-order chi connectivity index (χ1) is 9.08. The number of aromatic nitrogens is 1. The lowest BCUT2D eigenvalue weighted by Gasteiger charge is -2.08. The molecule has 1 aromatic carbocycles. The number of pyridine rings is 1. The summed E-state index contributed by atoms with van der Waals surface area (Å²) in [5.41, 5.74) is 0.851. The van der Waals surface area contributed by atoms with Gasteiger partial charge in [0.05, 0.1) is 4.47 Å². The molecule has 0 bridgehead atoms. The number of carbonyl (C=O) groups excluding carboxylic acids is 1. The molecule has 0 atom stereocenters. The fourth-order valence-corrected chi connectivity index (χ4v) is 1.98. The van der Waals surface area contributed by atoms with E-state index in [1.807, 2.05) is 0 Å². The Hall–Kier alpha value is -1.82. The summed E-state index contributed by atoms with van der Waals surface area (Å²) in [6.45, 7) is -2.90. The summed E-state index contributed by atoms with van der Waals surface area (Å²) in [7, 11) is 0. The highest BCUT2D eigenvalue weighted by atomic mass is 79.9. The van der Waals surface area contributed by atoms with Crippen molar-refractivity contribution in [2.75, 3.05) is 0 Å². The fraction of sp³-hybridized carbons (Fsp3) is 0.0769. The molecule has 0 spiro atoms. The van der Waals surface area contributed by atoms with Gasteiger partial charge in [-0.25, -0.2) is 0 Å². The van der Waals surface area contributed by atoms with Crippen LogP contribution in [0.3, 0.4) is 0 Å². The van der Waals surface area contributed by atoms with Crippen molar-refractivity contribution < 1.29 is 18.3 Å². The smallest absolute Gasteiger partial charge is 0.387 e. The predicted molar refractivity (Wildman–Crippen MR) is 68.4 cm³/mol. The Kier molecular flexibility index (Phi) is 4.21. The van der Waals surface area contributed by atoms with Crippen molar-refractivity contribution in [2.24, 2.45) is 0 Å². The maximum atomic E-state index is 12.1. The topological polar surface area (TPSA) is 39.2 Å². The second-order valence-corrected chi connectivity index (χ2v) is 4.44. The number of hydrogen-bond acceptors (Lipinski definition) is 3. The van der Waals surface area contributed by atoms with Crippen molar-refractivity contribution in [3.8, 4) is 5.75 Å². The normalized spacial score (nSPS) is 10.5. The zero-order chi connectivity index (χ0) is 13.8. The molecule has 0 aliphatic heterocycles. The lowest BCUT2D eigenvalue weighted by Crippen LogP contribution is -2.05. The van der Waals surface area contributed by atoms with E-state index in [0.29, 0.717) is 15.6 Å². The zero-order valence-electron chi connectivity index (χ0n) is 9.52. The third-order valence-electron chi connectivity index (χ3n) is 2.35. The summed E-state index contributed by atoms with van der Waals surface area (Å²) in [6, 6.07) is 7.37. The lowest BCUT2D eigenvalue weighted by atomic mass is 10.0. The third-order valence-corrected chi connectivity index (χ3v) is 2.97. The quantitative estimate of drug-likeness (QED) is 0.804. The first-order valence-electron chi connectivity index (χ1n) is 5.27. The summed E-state index contributed by atoms with van der Waals surface area (Å²) >= 11 is 3.09. The van der Waals surface area contributed by atoms with E-state index >= 15 is 0 Å². The van der Waals surface area contributed by atoms with Gasteiger partial charge < -0.3 is 4.74 Å². The van der Waals surface area contributed by atoms with Gasteiger partial charge in [0, 0.05) is 23.5 Å². The van der Waals surface area contributed by atoms with Crippen LogP contribution in [0.5, 0.6) is 5.75 Å². The average molecular weight is 328 g/mol. The van der Waals surface area contributed by atoms with Gasteiger partial charge in [-0.15, -0.1) is 0 Å². The molecule has 0 aliphatic carbocycles. The highest BCUT2D eigenvalue weighted by Crippen LogP contribution is 2.28. The highest BCUT2D eigenvalue weighted by Gasteiger charge is 2.13. The maximum Gasteiger partial charge on any atom is 0.387 e. The van der Waals surface area contributed by atoms with Crippen molar-refractivity contribution in [1.82, 2.24) is 4.98 Å². The molecule has 0 unspecified atom stereocenters. The minimum atomic E-state index is -2.90. The Morgan fingerprint density at radius 2 is 1.84 bits per heavy atom. The van der Waals surface area contributed by atoms with Gasteiger partial charge in [0.15, 0.2) is 5.78 Å². The molecule has 19 heavy (non-hydrogen) atoms. The van der Waals surface area contributed by atoms with Gasteiger partial charge in [0.2, 0.25) is 0 Å². The Balaban J connectivity index is 2.27. The van der Waals surface area contributed by atoms with Crippen LogP contribution >= 0.6 is 15.9 Å². The summed E-state index contributed by atoms with van der Waals surface area (Å²) in [5, 5.41) is 0. The number of carbonyl (C=O) groups is 1. The van der Waals surface area contributed by atoms with Crippen LogP contribution in [-0.4, -0.2) is 17.4 Å². The highest BCUT2D eigenvalue weighted by molar-refractivity contribution is 9.10. The standard InChI is InChI=1S/C13H8BrF2NO2/c14-10-7-9(1-2-11(10)19-13(15)16)12(18)8-3-5-17-6-4-8/h1-7,13H. The molecule has 0 fully saturated rings. The van der Waals surface area contributed by atoms with E-state index in [1.165, 1.54) is 30.6 Å². The Morgan fingerprint density at radius 1 is 1.16 bits per heavy atom. The maximum absolute atomic E-state index is 12.1. The second kappa shape index (κ2) is 5.88. The largest absolute Gasteiger partial charge is 0.434 e. The Labute approximate surface area is 116 Å². The molecule has 1 heterocycles. The zero-order valence-corrected chi connectivity index (χ0v) is 11.1. The summed E-state index contributed by atoms with van der Waals surface area (Å²) in [6.07, 6.45) is 3.02. The third kappa shape index (κ3) is 3.35. The molecule has 0 radical (unpaired) electrons. The summed E-state index contributed by atoms with van der Waals surface area (Å²) in [5.74, 6) is -0.229.